The molecule has 0 aliphatic rings. The standard InChI is InChI=1S/C16H21N3O2/c1-10(2)15-14(18-9-21-15)16(20)19-12(4)8-13-11(3)6-5-7-17-13/h5-7,9-10,12H,8H2,1-4H3,(H,19,20)/t12-/m1/s1. The van der Waals surface area contributed by atoms with E-state index in [1.807, 2.05) is 39.8 Å². The summed E-state index contributed by atoms with van der Waals surface area (Å²) in [7, 11) is 0. The van der Waals surface area contributed by atoms with Gasteiger partial charge in [-0.3, -0.25) is 9.78 Å². The van der Waals surface area contributed by atoms with Crippen LogP contribution in [0.5, 0.6) is 0 Å². The SMILES string of the molecule is Cc1cccnc1C[C@@H](C)NC(=O)c1ncoc1C(C)C. The van der Waals surface area contributed by atoms with E-state index in [1.54, 1.807) is 6.20 Å². The normalized spacial score (nSPS) is 12.4. The lowest BCUT2D eigenvalue weighted by Crippen LogP contribution is -2.35. The van der Waals surface area contributed by atoms with E-state index in [2.05, 4.69) is 15.3 Å². The van der Waals surface area contributed by atoms with Crippen molar-refractivity contribution in [3.8, 4) is 0 Å². The van der Waals surface area contributed by atoms with Gasteiger partial charge in [0.15, 0.2) is 12.1 Å². The van der Waals surface area contributed by atoms with E-state index >= 15 is 0 Å². The van der Waals surface area contributed by atoms with Crippen LogP contribution in [0.4, 0.5) is 0 Å². The lowest BCUT2D eigenvalue weighted by atomic mass is 10.1. The first-order chi connectivity index (χ1) is 9.99. The molecule has 0 spiro atoms. The Kier molecular flexibility index (Phi) is 4.73. The van der Waals surface area contributed by atoms with E-state index < -0.39 is 0 Å². The highest BCUT2D eigenvalue weighted by molar-refractivity contribution is 5.93. The predicted octanol–water partition coefficient (Wildman–Crippen LogP) is 2.86. The lowest BCUT2D eigenvalue weighted by Gasteiger charge is -2.14. The van der Waals surface area contributed by atoms with Crippen LogP contribution in [0.2, 0.25) is 0 Å². The average Bonchev–Trinajstić information content (AvgIpc) is 2.91. The number of carbonyl (C=O) groups excluding carboxylic acids is 1. The molecule has 0 aliphatic carbocycles. The second-order valence-electron chi connectivity index (χ2n) is 5.57. The number of aromatic nitrogens is 2. The maximum Gasteiger partial charge on any atom is 0.273 e. The van der Waals surface area contributed by atoms with Crippen molar-refractivity contribution in [2.45, 2.75) is 46.1 Å². The van der Waals surface area contributed by atoms with Crippen molar-refractivity contribution >= 4 is 5.91 Å². The van der Waals surface area contributed by atoms with Crippen molar-refractivity contribution in [1.29, 1.82) is 0 Å². The minimum Gasteiger partial charge on any atom is -0.447 e. The topological polar surface area (TPSA) is 68.0 Å². The Morgan fingerprint density at radius 3 is 2.76 bits per heavy atom. The molecule has 2 rings (SSSR count). The largest absolute Gasteiger partial charge is 0.447 e. The number of hydrogen-bond donors (Lipinski definition) is 1. The molecular formula is C16H21N3O2. The Morgan fingerprint density at radius 2 is 2.10 bits per heavy atom. The fourth-order valence-electron chi connectivity index (χ4n) is 2.20. The van der Waals surface area contributed by atoms with Crippen molar-refractivity contribution in [1.82, 2.24) is 15.3 Å². The number of oxazole rings is 1. The van der Waals surface area contributed by atoms with Gasteiger partial charge in [-0.05, 0) is 25.5 Å². The van der Waals surface area contributed by atoms with Gasteiger partial charge in [-0.1, -0.05) is 19.9 Å². The van der Waals surface area contributed by atoms with Crippen LogP contribution in [0.25, 0.3) is 0 Å². The third kappa shape index (κ3) is 3.68. The highest BCUT2D eigenvalue weighted by Gasteiger charge is 2.20. The molecule has 2 aromatic rings. The van der Waals surface area contributed by atoms with Gasteiger partial charge in [-0.25, -0.2) is 4.98 Å². The van der Waals surface area contributed by atoms with E-state index in [-0.39, 0.29) is 17.9 Å². The van der Waals surface area contributed by atoms with Crippen LogP contribution in [0.15, 0.2) is 29.1 Å². The number of hydrogen-bond acceptors (Lipinski definition) is 4. The van der Waals surface area contributed by atoms with E-state index in [9.17, 15) is 4.79 Å². The van der Waals surface area contributed by atoms with Crippen LogP contribution in [0.3, 0.4) is 0 Å². The molecule has 0 aromatic carbocycles. The zero-order valence-electron chi connectivity index (χ0n) is 12.9. The van der Waals surface area contributed by atoms with Crippen LogP contribution >= 0.6 is 0 Å². The Bertz CT molecular complexity index is 619. The van der Waals surface area contributed by atoms with Gasteiger partial charge in [0.25, 0.3) is 5.91 Å². The van der Waals surface area contributed by atoms with Gasteiger partial charge in [0, 0.05) is 30.3 Å². The van der Waals surface area contributed by atoms with Gasteiger partial charge < -0.3 is 9.73 Å². The number of pyridine rings is 1. The molecule has 5 heteroatoms. The van der Waals surface area contributed by atoms with E-state index in [0.717, 1.165) is 11.3 Å². The number of rotatable bonds is 5. The van der Waals surface area contributed by atoms with Crippen LogP contribution in [0.1, 0.15) is 54.2 Å². The van der Waals surface area contributed by atoms with E-state index in [4.69, 9.17) is 4.42 Å². The summed E-state index contributed by atoms with van der Waals surface area (Å²) in [6, 6.07) is 3.90. The van der Waals surface area contributed by atoms with Gasteiger partial charge >= 0.3 is 0 Å². The maximum atomic E-state index is 12.3. The summed E-state index contributed by atoms with van der Waals surface area (Å²) < 4.78 is 5.28. The summed E-state index contributed by atoms with van der Waals surface area (Å²) in [5.74, 6) is 0.545. The molecule has 2 heterocycles. The molecule has 21 heavy (non-hydrogen) atoms. The van der Waals surface area contributed by atoms with Gasteiger partial charge in [0.05, 0.1) is 0 Å². The van der Waals surface area contributed by atoms with Crippen molar-refractivity contribution in [3.63, 3.8) is 0 Å². The molecule has 0 saturated heterocycles. The predicted molar refractivity (Wildman–Crippen MR) is 80.2 cm³/mol. The van der Waals surface area contributed by atoms with Crippen molar-refractivity contribution in [2.75, 3.05) is 0 Å². The zero-order valence-corrected chi connectivity index (χ0v) is 12.9. The summed E-state index contributed by atoms with van der Waals surface area (Å²) in [5, 5.41) is 2.95. The summed E-state index contributed by atoms with van der Waals surface area (Å²) in [6.07, 6.45) is 3.77. The van der Waals surface area contributed by atoms with Crippen LogP contribution in [-0.2, 0) is 6.42 Å². The second kappa shape index (κ2) is 6.52. The molecule has 0 aliphatic heterocycles. The highest BCUT2D eigenvalue weighted by atomic mass is 16.3. The summed E-state index contributed by atoms with van der Waals surface area (Å²) in [4.78, 5) is 20.6. The third-order valence-electron chi connectivity index (χ3n) is 3.33. The number of nitrogens with one attached hydrogen (secondary N) is 1. The lowest BCUT2D eigenvalue weighted by molar-refractivity contribution is 0.0933. The van der Waals surface area contributed by atoms with E-state index in [1.165, 1.54) is 6.39 Å². The zero-order chi connectivity index (χ0) is 15.4. The Labute approximate surface area is 124 Å². The highest BCUT2D eigenvalue weighted by Crippen LogP contribution is 2.18. The van der Waals surface area contributed by atoms with Crippen molar-refractivity contribution < 1.29 is 9.21 Å². The monoisotopic (exact) mass is 287 g/mol. The van der Waals surface area contributed by atoms with Crippen LogP contribution in [-0.4, -0.2) is 21.9 Å². The Hall–Kier alpha value is -2.17. The molecule has 1 N–H and O–H groups in total. The smallest absolute Gasteiger partial charge is 0.273 e. The van der Waals surface area contributed by atoms with Gasteiger partial charge in [-0.15, -0.1) is 0 Å². The molecule has 1 atom stereocenters. The van der Waals surface area contributed by atoms with Crippen LogP contribution < -0.4 is 5.32 Å². The summed E-state index contributed by atoms with van der Waals surface area (Å²) in [6.45, 7) is 7.92. The first-order valence-corrected chi connectivity index (χ1v) is 7.13. The number of nitrogens with zero attached hydrogens (tertiary/aromatic N) is 2. The minimum absolute atomic E-state index is 0.0252. The molecule has 0 unspecified atom stereocenters. The van der Waals surface area contributed by atoms with Gasteiger partial charge in [-0.2, -0.15) is 0 Å². The molecule has 0 saturated carbocycles. The number of aryl methyl sites for hydroxylation is 1. The second-order valence-corrected chi connectivity index (χ2v) is 5.57. The first-order valence-electron chi connectivity index (χ1n) is 7.13. The molecular weight excluding hydrogens is 266 g/mol. The molecule has 5 nitrogen and oxygen atoms in total. The quantitative estimate of drug-likeness (QED) is 0.918. The average molecular weight is 287 g/mol. The molecule has 1 amide bonds. The third-order valence-corrected chi connectivity index (χ3v) is 3.33. The molecule has 2 aromatic heterocycles. The Balaban J connectivity index is 2.02. The fourth-order valence-corrected chi connectivity index (χ4v) is 2.20. The molecule has 0 fully saturated rings. The molecule has 0 bridgehead atoms. The molecule has 0 radical (unpaired) electrons. The number of amides is 1. The Morgan fingerprint density at radius 1 is 1.33 bits per heavy atom. The fraction of sp³-hybridized carbons (Fsp3) is 0.438. The van der Waals surface area contributed by atoms with Gasteiger partial charge in [0.1, 0.15) is 5.76 Å². The minimum atomic E-state index is -0.200. The summed E-state index contributed by atoms with van der Waals surface area (Å²) in [5.41, 5.74) is 2.49. The van der Waals surface area contributed by atoms with Crippen molar-refractivity contribution in [3.05, 3.63) is 47.4 Å². The van der Waals surface area contributed by atoms with E-state index in [0.29, 0.717) is 17.9 Å². The maximum absolute atomic E-state index is 12.3. The van der Waals surface area contributed by atoms with Crippen LogP contribution in [0, 0.1) is 6.92 Å². The van der Waals surface area contributed by atoms with Gasteiger partial charge in [0.2, 0.25) is 0 Å². The first kappa shape index (κ1) is 15.2. The molecule has 112 valence electrons. The number of carbonyl (C=O) groups is 1. The van der Waals surface area contributed by atoms with Crippen molar-refractivity contribution in [2.24, 2.45) is 0 Å². The summed E-state index contributed by atoms with van der Waals surface area (Å²) >= 11 is 0.